The van der Waals surface area contributed by atoms with Crippen LogP contribution in [0.15, 0.2) is 12.2 Å². The lowest BCUT2D eigenvalue weighted by Crippen LogP contribution is -2.19. The van der Waals surface area contributed by atoms with Crippen molar-refractivity contribution in [1.29, 1.82) is 0 Å². The molecule has 4 saturated carbocycles. The molecule has 10 unspecified atom stereocenters. The Morgan fingerprint density at radius 2 is 0.818 bits per heavy atom. The first-order chi connectivity index (χ1) is 21.1. The number of hydrogen-bond donors (Lipinski definition) is 0. The van der Waals surface area contributed by atoms with Crippen molar-refractivity contribution in [3.05, 3.63) is 12.2 Å². The van der Waals surface area contributed by atoms with Crippen molar-refractivity contribution in [3.8, 4) is 0 Å². The van der Waals surface area contributed by atoms with Crippen LogP contribution in [0, 0.1) is 59.2 Å². The number of epoxide rings is 1. The van der Waals surface area contributed by atoms with Gasteiger partial charge in [0.15, 0.2) is 0 Å². The number of hydrogen-bond acceptors (Lipinski definition) is 1. The Labute approximate surface area is 278 Å². The Morgan fingerprint density at radius 1 is 0.455 bits per heavy atom. The van der Waals surface area contributed by atoms with Crippen molar-refractivity contribution in [2.75, 3.05) is 0 Å². The minimum absolute atomic E-state index is 0.663. The highest BCUT2D eigenvalue weighted by Crippen LogP contribution is 2.51. The third kappa shape index (κ3) is 15.5. The van der Waals surface area contributed by atoms with Gasteiger partial charge in [-0.2, -0.15) is 0 Å². The smallest absolute Gasteiger partial charge is 0.0844 e. The van der Waals surface area contributed by atoms with E-state index in [2.05, 4.69) is 81.4 Å². The van der Waals surface area contributed by atoms with Crippen LogP contribution >= 0.6 is 0 Å². The second kappa shape index (κ2) is 22.3. The summed E-state index contributed by atoms with van der Waals surface area (Å²) in [6.07, 6.45) is 33.1. The zero-order valence-electron chi connectivity index (χ0n) is 31.9. The first-order valence-electron chi connectivity index (χ1n) is 20.4. The highest BCUT2D eigenvalue weighted by Gasteiger charge is 2.45. The molecular formula is C43H82O. The molecular weight excluding hydrogens is 532 g/mol. The van der Waals surface area contributed by atoms with Gasteiger partial charge in [0.2, 0.25) is 0 Å². The summed E-state index contributed by atoms with van der Waals surface area (Å²) in [5.41, 5.74) is 0. The number of fused-ring (bicyclic) bond motifs is 3. The monoisotopic (exact) mass is 615 g/mol. The fraction of sp³-hybridized carbons (Fsp3) is 0.953. The predicted octanol–water partition coefficient (Wildman–Crippen LogP) is 14.1. The van der Waals surface area contributed by atoms with Crippen molar-refractivity contribution >= 4 is 0 Å². The molecule has 0 aromatic heterocycles. The Morgan fingerprint density at radius 3 is 1.11 bits per heavy atom. The molecule has 0 aromatic carbocycles. The van der Waals surface area contributed by atoms with Gasteiger partial charge in [-0.3, -0.25) is 0 Å². The summed E-state index contributed by atoms with van der Waals surface area (Å²) in [4.78, 5) is 0. The van der Waals surface area contributed by atoms with Crippen molar-refractivity contribution in [1.82, 2.24) is 0 Å². The van der Waals surface area contributed by atoms with E-state index in [1.807, 2.05) is 0 Å². The van der Waals surface area contributed by atoms with Crippen LogP contribution in [0.1, 0.15) is 191 Å². The topological polar surface area (TPSA) is 12.5 Å². The van der Waals surface area contributed by atoms with E-state index in [4.69, 9.17) is 4.74 Å². The van der Waals surface area contributed by atoms with Gasteiger partial charge in [-0.25, -0.2) is 0 Å². The summed E-state index contributed by atoms with van der Waals surface area (Å²) in [5.74, 6) is 9.99. The van der Waals surface area contributed by atoms with Gasteiger partial charge >= 0.3 is 0 Å². The maximum Gasteiger partial charge on any atom is 0.0844 e. The zero-order chi connectivity index (χ0) is 32.5. The molecule has 1 heterocycles. The normalized spacial score (nSPS) is 39.6. The number of unbranched alkanes of at least 4 members (excludes halogenated alkanes) is 7. The van der Waals surface area contributed by atoms with E-state index in [1.54, 1.807) is 6.42 Å². The summed E-state index contributed by atoms with van der Waals surface area (Å²) in [7, 11) is 0. The third-order valence-corrected chi connectivity index (χ3v) is 13.1. The lowest BCUT2D eigenvalue weighted by Gasteiger charge is -2.24. The molecule has 5 aliphatic carbocycles. The van der Waals surface area contributed by atoms with Gasteiger partial charge in [0.25, 0.3) is 0 Å². The molecule has 44 heavy (non-hydrogen) atoms. The van der Waals surface area contributed by atoms with E-state index in [-0.39, 0.29) is 0 Å². The molecule has 5 fully saturated rings. The molecule has 1 saturated heterocycles. The molecule has 6 rings (SSSR count). The second-order valence-corrected chi connectivity index (χ2v) is 17.1. The molecule has 0 spiro atoms. The third-order valence-electron chi connectivity index (χ3n) is 13.1. The molecule has 10 atom stereocenters. The van der Waals surface area contributed by atoms with Crippen LogP contribution in [-0.2, 0) is 4.74 Å². The molecule has 2 bridgehead atoms. The van der Waals surface area contributed by atoms with Crippen LogP contribution in [0.3, 0.4) is 0 Å². The van der Waals surface area contributed by atoms with Crippen LogP contribution in [0.4, 0.5) is 0 Å². The summed E-state index contributed by atoms with van der Waals surface area (Å²) < 4.78 is 5.42. The predicted molar refractivity (Wildman–Crippen MR) is 197 cm³/mol. The van der Waals surface area contributed by atoms with Gasteiger partial charge in [0.05, 0.1) is 12.2 Å². The van der Waals surface area contributed by atoms with Crippen LogP contribution in [0.25, 0.3) is 0 Å². The van der Waals surface area contributed by atoms with E-state index in [9.17, 15) is 0 Å². The largest absolute Gasteiger partial charge is 0.370 e. The van der Waals surface area contributed by atoms with Gasteiger partial charge in [0, 0.05) is 0 Å². The van der Waals surface area contributed by atoms with Gasteiger partial charge in [-0.15, -0.1) is 0 Å². The summed E-state index contributed by atoms with van der Waals surface area (Å²) in [6.45, 7) is 23.5. The first kappa shape index (κ1) is 39.9. The first-order valence-corrected chi connectivity index (χ1v) is 20.4. The maximum atomic E-state index is 5.42. The van der Waals surface area contributed by atoms with Gasteiger partial charge < -0.3 is 4.74 Å². The molecule has 1 aliphatic heterocycles. The van der Waals surface area contributed by atoms with Crippen LogP contribution in [0.2, 0.25) is 0 Å². The van der Waals surface area contributed by atoms with Gasteiger partial charge in [0.1, 0.15) is 0 Å². The average molecular weight is 615 g/mol. The fourth-order valence-electron chi connectivity index (χ4n) is 8.38. The summed E-state index contributed by atoms with van der Waals surface area (Å²) in [6, 6.07) is 0. The van der Waals surface area contributed by atoms with E-state index in [0.717, 1.165) is 59.2 Å². The van der Waals surface area contributed by atoms with Crippen molar-refractivity contribution in [2.45, 2.75) is 203 Å². The number of ether oxygens (including phenoxy) is 1. The highest BCUT2D eigenvalue weighted by atomic mass is 16.6. The lowest BCUT2D eigenvalue weighted by atomic mass is 9.82. The fourth-order valence-corrected chi connectivity index (χ4v) is 8.38. The van der Waals surface area contributed by atoms with Crippen molar-refractivity contribution in [2.24, 2.45) is 59.2 Å². The molecule has 6 aliphatic rings. The molecule has 1 heteroatoms. The molecule has 0 N–H and O–H groups in total. The number of rotatable bonds is 7. The van der Waals surface area contributed by atoms with E-state index >= 15 is 0 Å². The Kier molecular flexibility index (Phi) is 20.2. The zero-order valence-corrected chi connectivity index (χ0v) is 31.9. The summed E-state index contributed by atoms with van der Waals surface area (Å²) >= 11 is 0. The Bertz CT molecular complexity index is 656. The van der Waals surface area contributed by atoms with Crippen LogP contribution in [-0.4, -0.2) is 12.2 Å². The Hall–Kier alpha value is -0.300. The molecule has 1 nitrogen and oxygen atoms in total. The molecule has 0 radical (unpaired) electrons. The standard InChI is InChI=1S/C10H22.C9H16.C8H14O.C8H16.C8H14/c1-3-5-7-9-10-8-6-4-2;1-6-7(2)9-4-3-8(6)5-9;1-5-3-7-8(9-7)4-6(5)2;1-7-3-5-8(2)6-4-7;1-7-5-3-4-6-8(7)2/h3-10H2,1-2H3;6-9H,3-5H2,1-2H3;5-8H,3-4H2,1-2H3;7-8H,3-6H2,1-2H3;3-4,7-8H,5-6H2,1-2H3. The SMILES string of the molecule is CC1C2CCC(C2)C1C.CC1CC2OC2CC1C.CC1CC=CCC1C.CC1CCC(C)CC1.CCCCCCCCCC. The Balaban J connectivity index is 0.000000192. The molecule has 0 amide bonds. The maximum absolute atomic E-state index is 5.42. The van der Waals surface area contributed by atoms with Crippen LogP contribution in [0.5, 0.6) is 0 Å². The van der Waals surface area contributed by atoms with E-state index < -0.39 is 0 Å². The van der Waals surface area contributed by atoms with Crippen molar-refractivity contribution < 1.29 is 4.74 Å². The van der Waals surface area contributed by atoms with E-state index in [0.29, 0.717) is 12.2 Å². The minimum atomic E-state index is 0.663. The number of allylic oxidation sites excluding steroid dienone is 2. The summed E-state index contributed by atoms with van der Waals surface area (Å²) in [5, 5.41) is 0. The minimum Gasteiger partial charge on any atom is -0.370 e. The quantitative estimate of drug-likeness (QED) is 0.158. The van der Waals surface area contributed by atoms with E-state index in [1.165, 1.54) is 116 Å². The van der Waals surface area contributed by atoms with Crippen molar-refractivity contribution in [3.63, 3.8) is 0 Å². The van der Waals surface area contributed by atoms with Gasteiger partial charge in [-0.1, -0.05) is 158 Å². The molecule has 260 valence electrons. The highest BCUT2D eigenvalue weighted by molar-refractivity contribution is 4.94. The molecule has 0 aromatic rings. The van der Waals surface area contributed by atoms with Crippen LogP contribution < -0.4 is 0 Å². The second-order valence-electron chi connectivity index (χ2n) is 17.1. The lowest BCUT2D eigenvalue weighted by molar-refractivity contribution is 0.259. The average Bonchev–Trinajstić information content (AvgIpc) is 3.47. The van der Waals surface area contributed by atoms with Gasteiger partial charge in [-0.05, 0) is 104 Å².